The summed E-state index contributed by atoms with van der Waals surface area (Å²) in [7, 11) is 1.80. The molecular formula is C16H18N2O2S. The molecule has 0 aliphatic carbocycles. The Morgan fingerprint density at radius 3 is 2.71 bits per heavy atom. The molecule has 0 amide bonds. The van der Waals surface area contributed by atoms with E-state index >= 15 is 0 Å². The van der Waals surface area contributed by atoms with Gasteiger partial charge in [0.05, 0.1) is 5.69 Å². The number of benzene rings is 1. The fourth-order valence-electron chi connectivity index (χ4n) is 2.92. The first-order chi connectivity index (χ1) is 10.2. The summed E-state index contributed by atoms with van der Waals surface area (Å²) in [6.45, 7) is 0. The molecule has 0 unspecified atom stereocenters. The number of hydrogen-bond donors (Lipinski definition) is 1. The highest BCUT2D eigenvalue weighted by molar-refractivity contribution is 7.99. The van der Waals surface area contributed by atoms with Crippen LogP contribution in [0.15, 0.2) is 30.3 Å². The van der Waals surface area contributed by atoms with Gasteiger partial charge in [-0.1, -0.05) is 24.3 Å². The summed E-state index contributed by atoms with van der Waals surface area (Å²) in [6, 6.07) is 9.97. The number of nitrogens with zero attached hydrogens (tertiary/aromatic N) is 2. The van der Waals surface area contributed by atoms with Crippen molar-refractivity contribution >= 4 is 17.7 Å². The van der Waals surface area contributed by atoms with Gasteiger partial charge in [0.15, 0.2) is 5.69 Å². The lowest BCUT2D eigenvalue weighted by molar-refractivity contribution is 0.0689. The Hall–Kier alpha value is -1.75. The molecule has 2 aromatic rings. The second-order valence-electron chi connectivity index (χ2n) is 5.32. The van der Waals surface area contributed by atoms with Gasteiger partial charge in [-0.3, -0.25) is 4.68 Å². The van der Waals surface area contributed by atoms with Crippen LogP contribution in [0.25, 0.3) is 11.3 Å². The Balaban J connectivity index is 2.04. The zero-order valence-electron chi connectivity index (χ0n) is 12.0. The van der Waals surface area contributed by atoms with E-state index in [1.807, 2.05) is 17.8 Å². The van der Waals surface area contributed by atoms with Crippen molar-refractivity contribution in [2.45, 2.75) is 18.8 Å². The zero-order valence-corrected chi connectivity index (χ0v) is 12.8. The van der Waals surface area contributed by atoms with Crippen molar-refractivity contribution in [3.05, 3.63) is 41.6 Å². The molecule has 0 spiro atoms. The van der Waals surface area contributed by atoms with Gasteiger partial charge in [-0.15, -0.1) is 0 Å². The van der Waals surface area contributed by atoms with E-state index in [0.717, 1.165) is 11.3 Å². The van der Waals surface area contributed by atoms with E-state index in [4.69, 9.17) is 5.11 Å². The third-order valence-corrected chi connectivity index (χ3v) is 5.05. The van der Waals surface area contributed by atoms with Crippen molar-refractivity contribution in [3.8, 4) is 11.3 Å². The number of carboxylic acids is 1. The highest BCUT2D eigenvalue weighted by Gasteiger charge is 2.21. The molecule has 1 aliphatic heterocycles. The van der Waals surface area contributed by atoms with Gasteiger partial charge in [0.2, 0.25) is 0 Å². The summed E-state index contributed by atoms with van der Waals surface area (Å²) in [5, 5.41) is 13.2. The number of thioether (sulfide) groups is 1. The van der Waals surface area contributed by atoms with Crippen LogP contribution in [0, 0.1) is 0 Å². The fourth-order valence-corrected chi connectivity index (χ4v) is 4.03. The molecule has 1 aromatic heterocycles. The molecule has 0 atom stereocenters. The summed E-state index contributed by atoms with van der Waals surface area (Å²) in [6.07, 6.45) is 2.37. The maximum absolute atomic E-state index is 11.1. The Labute approximate surface area is 128 Å². The topological polar surface area (TPSA) is 55.1 Å². The Kier molecular flexibility index (Phi) is 4.01. The fraction of sp³-hybridized carbons (Fsp3) is 0.375. The van der Waals surface area contributed by atoms with Crippen LogP contribution in [0.3, 0.4) is 0 Å². The average Bonchev–Trinajstić information content (AvgIpc) is 2.90. The van der Waals surface area contributed by atoms with Crippen molar-refractivity contribution < 1.29 is 9.90 Å². The Morgan fingerprint density at radius 1 is 1.33 bits per heavy atom. The van der Waals surface area contributed by atoms with Crippen LogP contribution < -0.4 is 0 Å². The van der Waals surface area contributed by atoms with Crippen LogP contribution in [-0.2, 0) is 7.05 Å². The summed E-state index contributed by atoms with van der Waals surface area (Å²) < 4.78 is 1.67. The van der Waals surface area contributed by atoms with Crippen molar-refractivity contribution in [1.29, 1.82) is 0 Å². The lowest BCUT2D eigenvalue weighted by Gasteiger charge is -2.24. The molecule has 0 radical (unpaired) electrons. The van der Waals surface area contributed by atoms with Gasteiger partial charge in [0.25, 0.3) is 0 Å². The lowest BCUT2D eigenvalue weighted by Crippen LogP contribution is -2.09. The monoisotopic (exact) mass is 302 g/mol. The number of hydrogen-bond acceptors (Lipinski definition) is 3. The summed E-state index contributed by atoms with van der Waals surface area (Å²) in [4.78, 5) is 11.1. The maximum atomic E-state index is 11.1. The molecule has 110 valence electrons. The van der Waals surface area contributed by atoms with Crippen molar-refractivity contribution in [2.75, 3.05) is 11.5 Å². The molecule has 4 nitrogen and oxygen atoms in total. The zero-order chi connectivity index (χ0) is 14.8. The van der Waals surface area contributed by atoms with Gasteiger partial charge < -0.3 is 5.11 Å². The van der Waals surface area contributed by atoms with Crippen LogP contribution in [0.4, 0.5) is 0 Å². The largest absolute Gasteiger partial charge is 0.476 e. The molecule has 3 rings (SSSR count). The number of aromatic carboxylic acids is 1. The number of carbonyl (C=O) groups is 1. The smallest absolute Gasteiger partial charge is 0.356 e. The van der Waals surface area contributed by atoms with Crippen molar-refractivity contribution in [1.82, 2.24) is 9.78 Å². The van der Waals surface area contributed by atoms with E-state index < -0.39 is 5.97 Å². The van der Waals surface area contributed by atoms with E-state index in [-0.39, 0.29) is 5.69 Å². The first kappa shape index (κ1) is 14.2. The highest BCUT2D eigenvalue weighted by atomic mass is 32.2. The van der Waals surface area contributed by atoms with Crippen LogP contribution in [0.5, 0.6) is 0 Å². The third kappa shape index (κ3) is 2.83. The van der Waals surface area contributed by atoms with Crippen LogP contribution >= 0.6 is 11.8 Å². The molecule has 1 N–H and O–H groups in total. The number of rotatable bonds is 3. The van der Waals surface area contributed by atoms with Crippen LogP contribution in [-0.4, -0.2) is 32.4 Å². The quantitative estimate of drug-likeness (QED) is 0.944. The van der Waals surface area contributed by atoms with Gasteiger partial charge in [-0.05, 0) is 41.9 Å². The molecule has 0 bridgehead atoms. The van der Waals surface area contributed by atoms with E-state index in [1.54, 1.807) is 17.8 Å². The minimum atomic E-state index is -0.983. The van der Waals surface area contributed by atoms with Gasteiger partial charge >= 0.3 is 5.97 Å². The van der Waals surface area contributed by atoms with Gasteiger partial charge in [0.1, 0.15) is 0 Å². The second-order valence-corrected chi connectivity index (χ2v) is 6.54. The van der Waals surface area contributed by atoms with Crippen molar-refractivity contribution in [2.24, 2.45) is 7.05 Å². The first-order valence-corrected chi connectivity index (χ1v) is 8.26. The average molecular weight is 302 g/mol. The van der Waals surface area contributed by atoms with E-state index in [2.05, 4.69) is 23.3 Å². The van der Waals surface area contributed by atoms with Gasteiger partial charge in [0, 0.05) is 12.6 Å². The standard InChI is InChI=1S/C16H18N2O2S/c1-18-15(10-14(17-18)16(19)20)13-5-3-2-4-12(13)11-6-8-21-9-7-11/h2-5,10-11H,6-9H2,1H3,(H,19,20). The maximum Gasteiger partial charge on any atom is 0.356 e. The van der Waals surface area contributed by atoms with E-state index in [0.29, 0.717) is 5.92 Å². The number of aryl methyl sites for hydroxylation is 1. The SMILES string of the molecule is Cn1nc(C(=O)O)cc1-c1ccccc1C1CCSCC1. The lowest BCUT2D eigenvalue weighted by atomic mass is 9.88. The Morgan fingerprint density at radius 2 is 2.05 bits per heavy atom. The highest BCUT2D eigenvalue weighted by Crippen LogP contribution is 2.37. The number of aromatic nitrogens is 2. The summed E-state index contributed by atoms with van der Waals surface area (Å²) >= 11 is 2.01. The minimum absolute atomic E-state index is 0.0986. The molecule has 1 saturated heterocycles. The molecule has 2 heterocycles. The summed E-state index contributed by atoms with van der Waals surface area (Å²) in [5.41, 5.74) is 3.40. The first-order valence-electron chi connectivity index (χ1n) is 7.11. The van der Waals surface area contributed by atoms with E-state index in [9.17, 15) is 4.79 Å². The molecule has 0 saturated carbocycles. The van der Waals surface area contributed by atoms with Crippen LogP contribution in [0.1, 0.15) is 34.8 Å². The summed E-state index contributed by atoms with van der Waals surface area (Å²) in [5.74, 6) is 1.98. The van der Waals surface area contributed by atoms with Gasteiger partial charge in [-0.2, -0.15) is 16.9 Å². The molecule has 21 heavy (non-hydrogen) atoms. The predicted octanol–water partition coefficient (Wildman–Crippen LogP) is 3.40. The molecule has 5 heteroatoms. The predicted molar refractivity (Wildman–Crippen MR) is 84.9 cm³/mol. The second kappa shape index (κ2) is 5.93. The molecular weight excluding hydrogens is 284 g/mol. The number of carboxylic acid groups (broad SMARTS) is 1. The molecule has 1 aliphatic rings. The molecule has 1 fully saturated rings. The minimum Gasteiger partial charge on any atom is -0.476 e. The normalized spacial score (nSPS) is 16.0. The van der Waals surface area contributed by atoms with Crippen LogP contribution in [0.2, 0.25) is 0 Å². The Bertz CT molecular complexity index is 660. The molecule has 1 aromatic carbocycles. The van der Waals surface area contributed by atoms with Gasteiger partial charge in [-0.25, -0.2) is 4.79 Å². The van der Waals surface area contributed by atoms with Crippen molar-refractivity contribution in [3.63, 3.8) is 0 Å². The van der Waals surface area contributed by atoms with E-state index in [1.165, 1.54) is 29.9 Å². The third-order valence-electron chi connectivity index (χ3n) is 4.00.